The van der Waals surface area contributed by atoms with E-state index in [1.54, 1.807) is 0 Å². The summed E-state index contributed by atoms with van der Waals surface area (Å²) >= 11 is 1.86. The summed E-state index contributed by atoms with van der Waals surface area (Å²) in [5, 5.41) is 7.59. The summed E-state index contributed by atoms with van der Waals surface area (Å²) in [6.45, 7) is 0. The molecule has 3 heteroatoms. The van der Waals surface area contributed by atoms with Crippen LogP contribution in [0.5, 0.6) is 0 Å². The standard InChI is InChI=1S/C58H38N2S/c1-2-14-42-37-44(28-27-39(42)13-1)41-31-35-47(36-32-41)59(55-24-12-26-57-58(55)51-20-6-10-25-56(51)61-57)46-33-29-40(30-34-46)43-15-11-16-45(38-43)48-17-3-7-21-52(48)60-53-22-8-4-18-49(53)50-19-5-9-23-54(50)60/h1-38H. The normalized spacial score (nSPS) is 11.6. The van der Waals surface area contributed by atoms with E-state index < -0.39 is 0 Å². The van der Waals surface area contributed by atoms with Crippen LogP contribution < -0.4 is 4.90 Å². The molecule has 286 valence electrons. The highest BCUT2D eigenvalue weighted by Crippen LogP contribution is 2.46. The topological polar surface area (TPSA) is 8.17 Å². The molecule has 12 aromatic rings. The predicted molar refractivity (Wildman–Crippen MR) is 262 cm³/mol. The van der Waals surface area contributed by atoms with Gasteiger partial charge in [-0.1, -0.05) is 158 Å². The van der Waals surface area contributed by atoms with Gasteiger partial charge in [0.15, 0.2) is 0 Å². The molecular formula is C58H38N2S. The van der Waals surface area contributed by atoms with Crippen molar-refractivity contribution >= 4 is 81.1 Å². The van der Waals surface area contributed by atoms with Crippen LogP contribution in [-0.4, -0.2) is 4.57 Å². The number of aromatic nitrogens is 1. The van der Waals surface area contributed by atoms with Crippen molar-refractivity contribution in [3.05, 3.63) is 231 Å². The van der Waals surface area contributed by atoms with Crippen molar-refractivity contribution in [1.29, 1.82) is 0 Å². The molecule has 2 aromatic heterocycles. The molecule has 0 bridgehead atoms. The molecule has 2 heterocycles. The van der Waals surface area contributed by atoms with Crippen molar-refractivity contribution in [2.75, 3.05) is 4.90 Å². The first kappa shape index (κ1) is 35.2. The summed E-state index contributed by atoms with van der Waals surface area (Å²) in [6.07, 6.45) is 0. The van der Waals surface area contributed by atoms with Crippen LogP contribution in [0.25, 0.3) is 91.8 Å². The van der Waals surface area contributed by atoms with E-state index in [2.05, 4.69) is 240 Å². The molecule has 0 atom stereocenters. The highest BCUT2D eigenvalue weighted by molar-refractivity contribution is 7.26. The van der Waals surface area contributed by atoms with Crippen LogP contribution in [-0.2, 0) is 0 Å². The van der Waals surface area contributed by atoms with Gasteiger partial charge in [-0.15, -0.1) is 11.3 Å². The molecule has 0 aliphatic carbocycles. The van der Waals surface area contributed by atoms with E-state index in [1.165, 1.54) is 97.5 Å². The minimum absolute atomic E-state index is 1.11. The zero-order valence-electron chi connectivity index (χ0n) is 33.2. The maximum absolute atomic E-state index is 2.42. The van der Waals surface area contributed by atoms with E-state index in [9.17, 15) is 0 Å². The molecule has 10 aromatic carbocycles. The largest absolute Gasteiger partial charge is 0.310 e. The quantitative estimate of drug-likeness (QED) is 0.156. The van der Waals surface area contributed by atoms with E-state index in [-0.39, 0.29) is 0 Å². The second kappa shape index (κ2) is 14.5. The van der Waals surface area contributed by atoms with Gasteiger partial charge in [-0.3, -0.25) is 0 Å². The van der Waals surface area contributed by atoms with Crippen LogP contribution in [0.1, 0.15) is 0 Å². The first-order valence-corrected chi connectivity index (χ1v) is 21.6. The monoisotopic (exact) mass is 794 g/mol. The molecule has 0 amide bonds. The highest BCUT2D eigenvalue weighted by atomic mass is 32.1. The Morgan fingerprint density at radius 3 is 1.62 bits per heavy atom. The fourth-order valence-corrected chi connectivity index (χ4v) is 10.4. The molecule has 61 heavy (non-hydrogen) atoms. The van der Waals surface area contributed by atoms with Crippen LogP contribution in [0.4, 0.5) is 17.1 Å². The lowest BCUT2D eigenvalue weighted by molar-refractivity contribution is 1.18. The number of hydrogen-bond donors (Lipinski definition) is 0. The van der Waals surface area contributed by atoms with Crippen molar-refractivity contribution in [3.8, 4) is 39.1 Å². The van der Waals surface area contributed by atoms with Crippen molar-refractivity contribution in [3.63, 3.8) is 0 Å². The van der Waals surface area contributed by atoms with Gasteiger partial charge in [0.25, 0.3) is 0 Å². The number of fused-ring (bicyclic) bond motifs is 7. The zero-order chi connectivity index (χ0) is 40.3. The summed E-state index contributed by atoms with van der Waals surface area (Å²) in [4.78, 5) is 2.42. The second-order valence-electron chi connectivity index (χ2n) is 15.7. The van der Waals surface area contributed by atoms with E-state index in [4.69, 9.17) is 0 Å². The third-order valence-corrected chi connectivity index (χ3v) is 13.3. The van der Waals surface area contributed by atoms with Crippen molar-refractivity contribution in [2.24, 2.45) is 0 Å². The molecule has 0 spiro atoms. The molecule has 12 rings (SSSR count). The number of rotatable bonds is 7. The third-order valence-electron chi connectivity index (χ3n) is 12.2. The Morgan fingerprint density at radius 2 is 0.885 bits per heavy atom. The molecule has 0 aliphatic rings. The molecule has 0 radical (unpaired) electrons. The molecule has 0 aliphatic heterocycles. The van der Waals surface area contributed by atoms with E-state index in [1.807, 2.05) is 11.3 Å². The number of anilines is 3. The van der Waals surface area contributed by atoms with Crippen LogP contribution >= 0.6 is 11.3 Å². The van der Waals surface area contributed by atoms with Gasteiger partial charge in [-0.2, -0.15) is 0 Å². The van der Waals surface area contributed by atoms with Crippen LogP contribution in [0.2, 0.25) is 0 Å². The fraction of sp³-hybridized carbons (Fsp3) is 0. The van der Waals surface area contributed by atoms with Gasteiger partial charge in [0.05, 0.1) is 22.4 Å². The lowest BCUT2D eigenvalue weighted by atomic mass is 9.97. The Kier molecular flexibility index (Phi) is 8.39. The molecule has 0 unspecified atom stereocenters. The fourth-order valence-electron chi connectivity index (χ4n) is 9.31. The highest BCUT2D eigenvalue weighted by Gasteiger charge is 2.20. The van der Waals surface area contributed by atoms with Gasteiger partial charge >= 0.3 is 0 Å². The van der Waals surface area contributed by atoms with Crippen LogP contribution in [0.15, 0.2) is 231 Å². The first-order valence-electron chi connectivity index (χ1n) is 20.8. The number of hydrogen-bond acceptors (Lipinski definition) is 2. The predicted octanol–water partition coefficient (Wildman–Crippen LogP) is 16.8. The number of nitrogens with zero attached hydrogens (tertiary/aromatic N) is 2. The minimum Gasteiger partial charge on any atom is -0.310 e. The van der Waals surface area contributed by atoms with Gasteiger partial charge in [0.1, 0.15) is 0 Å². The SMILES string of the molecule is c1cc(-c2ccc(N(c3ccc(-c4ccc5ccccc5c4)cc3)c3cccc4sc5ccccc5c34)cc2)cc(-c2ccccc2-n2c3ccccc3c3ccccc32)c1. The lowest BCUT2D eigenvalue weighted by Crippen LogP contribution is -2.10. The van der Waals surface area contributed by atoms with Crippen molar-refractivity contribution in [1.82, 2.24) is 4.57 Å². The van der Waals surface area contributed by atoms with Crippen molar-refractivity contribution in [2.45, 2.75) is 0 Å². The molecule has 0 saturated heterocycles. The van der Waals surface area contributed by atoms with Gasteiger partial charge in [0, 0.05) is 47.9 Å². The summed E-state index contributed by atoms with van der Waals surface area (Å²) in [6, 6.07) is 84.2. The maximum Gasteiger partial charge on any atom is 0.0554 e. The Morgan fingerprint density at radius 1 is 0.344 bits per heavy atom. The Balaban J connectivity index is 0.948. The molecule has 0 fully saturated rings. The van der Waals surface area contributed by atoms with Gasteiger partial charge in [-0.25, -0.2) is 0 Å². The lowest BCUT2D eigenvalue weighted by Gasteiger charge is -2.27. The van der Waals surface area contributed by atoms with Gasteiger partial charge in [-0.05, 0) is 111 Å². The number of thiophene rings is 1. The summed E-state index contributed by atoms with van der Waals surface area (Å²) < 4.78 is 5.00. The Labute approximate surface area is 358 Å². The van der Waals surface area contributed by atoms with E-state index >= 15 is 0 Å². The molecular weight excluding hydrogens is 757 g/mol. The minimum atomic E-state index is 1.11. The van der Waals surface area contributed by atoms with Crippen molar-refractivity contribution < 1.29 is 0 Å². The third kappa shape index (κ3) is 6.01. The summed E-state index contributed by atoms with van der Waals surface area (Å²) in [7, 11) is 0. The summed E-state index contributed by atoms with van der Waals surface area (Å²) in [5.74, 6) is 0. The average Bonchev–Trinajstić information content (AvgIpc) is 3.88. The smallest absolute Gasteiger partial charge is 0.0554 e. The number of benzene rings is 10. The van der Waals surface area contributed by atoms with E-state index in [0.29, 0.717) is 0 Å². The van der Waals surface area contributed by atoms with Crippen LogP contribution in [0, 0.1) is 0 Å². The van der Waals surface area contributed by atoms with E-state index in [0.717, 1.165) is 11.4 Å². The van der Waals surface area contributed by atoms with Gasteiger partial charge in [0.2, 0.25) is 0 Å². The Bertz CT molecular complexity index is 3540. The first-order chi connectivity index (χ1) is 30.2. The Hall–Kier alpha value is -7.72. The second-order valence-corrected chi connectivity index (χ2v) is 16.8. The molecule has 0 saturated carbocycles. The molecule has 0 N–H and O–H groups in total. The maximum atomic E-state index is 2.42. The van der Waals surface area contributed by atoms with Gasteiger partial charge < -0.3 is 9.47 Å². The molecule has 2 nitrogen and oxygen atoms in total. The zero-order valence-corrected chi connectivity index (χ0v) is 34.1. The summed E-state index contributed by atoms with van der Waals surface area (Å²) in [5.41, 5.74) is 14.1. The van der Waals surface area contributed by atoms with Crippen LogP contribution in [0.3, 0.4) is 0 Å². The number of para-hydroxylation sites is 3. The average molecular weight is 795 g/mol.